The third kappa shape index (κ3) is 3.49. The number of aromatic nitrogens is 3. The van der Waals surface area contributed by atoms with Gasteiger partial charge in [0.2, 0.25) is 0 Å². The Balaban J connectivity index is 2.04. The highest BCUT2D eigenvalue weighted by Crippen LogP contribution is 2.28. The van der Waals surface area contributed by atoms with Crippen LogP contribution >= 0.6 is 11.6 Å². The van der Waals surface area contributed by atoms with Crippen molar-refractivity contribution >= 4 is 11.6 Å². The van der Waals surface area contributed by atoms with Crippen LogP contribution in [0.2, 0.25) is 5.02 Å². The molecule has 1 atom stereocenters. The first-order chi connectivity index (χ1) is 9.61. The number of nitrogens with zero attached hydrogens (tertiary/aromatic N) is 3. The van der Waals surface area contributed by atoms with E-state index >= 15 is 0 Å². The van der Waals surface area contributed by atoms with Gasteiger partial charge in [0.1, 0.15) is 18.7 Å². The van der Waals surface area contributed by atoms with Gasteiger partial charge in [-0.05, 0) is 31.2 Å². The zero-order valence-electron chi connectivity index (χ0n) is 11.9. The second-order valence-corrected chi connectivity index (χ2v) is 5.02. The van der Waals surface area contributed by atoms with E-state index < -0.39 is 0 Å². The Bertz CT molecular complexity index is 570. The number of nitrogens with one attached hydrogen (secondary N) is 1. The van der Waals surface area contributed by atoms with Crippen molar-refractivity contribution in [1.82, 2.24) is 20.1 Å². The van der Waals surface area contributed by atoms with Gasteiger partial charge in [0.05, 0.1) is 5.02 Å². The predicted octanol–water partition coefficient (Wildman–Crippen LogP) is 2.72. The molecule has 1 N–H and O–H groups in total. The number of halogens is 1. The fourth-order valence-electron chi connectivity index (χ4n) is 1.91. The highest BCUT2D eigenvalue weighted by Gasteiger charge is 2.09. The van der Waals surface area contributed by atoms with E-state index in [1.54, 1.807) is 6.33 Å². The van der Waals surface area contributed by atoms with Gasteiger partial charge in [-0.2, -0.15) is 0 Å². The van der Waals surface area contributed by atoms with Gasteiger partial charge in [0.25, 0.3) is 0 Å². The number of ether oxygens (including phenoxy) is 1. The standard InChI is InChI=1S/C14H19ClN4O/c1-4-16-10(2)11-5-6-13(12(15)7-11)20-8-14-18-17-9-19(14)3/h5-7,9-10,16H,4,8H2,1-3H3. The number of hydrogen-bond donors (Lipinski definition) is 1. The van der Waals surface area contributed by atoms with Gasteiger partial charge < -0.3 is 14.6 Å². The molecule has 2 aromatic rings. The Kier molecular flexibility index (Phi) is 4.98. The van der Waals surface area contributed by atoms with Crippen LogP contribution in [0.5, 0.6) is 5.75 Å². The molecular formula is C14H19ClN4O. The van der Waals surface area contributed by atoms with Crippen molar-refractivity contribution in [2.45, 2.75) is 26.5 Å². The third-order valence-electron chi connectivity index (χ3n) is 3.13. The maximum absolute atomic E-state index is 6.26. The van der Waals surface area contributed by atoms with E-state index in [0.29, 0.717) is 17.4 Å². The first-order valence-corrected chi connectivity index (χ1v) is 6.98. The molecule has 1 aromatic heterocycles. The predicted molar refractivity (Wildman–Crippen MR) is 78.9 cm³/mol. The molecular weight excluding hydrogens is 276 g/mol. The summed E-state index contributed by atoms with van der Waals surface area (Å²) in [7, 11) is 1.88. The molecule has 5 nitrogen and oxygen atoms in total. The lowest BCUT2D eigenvalue weighted by molar-refractivity contribution is 0.291. The van der Waals surface area contributed by atoms with Crippen molar-refractivity contribution in [2.24, 2.45) is 7.05 Å². The van der Waals surface area contributed by atoms with Crippen LogP contribution < -0.4 is 10.1 Å². The Hall–Kier alpha value is -1.59. The van der Waals surface area contributed by atoms with Gasteiger partial charge in [-0.3, -0.25) is 0 Å². The summed E-state index contributed by atoms with van der Waals surface area (Å²) in [5, 5.41) is 11.7. The van der Waals surface area contributed by atoms with Crippen LogP contribution in [0.15, 0.2) is 24.5 Å². The van der Waals surface area contributed by atoms with Crippen LogP contribution in [-0.2, 0) is 13.7 Å². The van der Waals surface area contributed by atoms with Crippen LogP contribution in [0.3, 0.4) is 0 Å². The maximum Gasteiger partial charge on any atom is 0.170 e. The van der Waals surface area contributed by atoms with E-state index in [1.165, 1.54) is 0 Å². The second-order valence-electron chi connectivity index (χ2n) is 4.62. The van der Waals surface area contributed by atoms with Crippen LogP contribution in [0.25, 0.3) is 0 Å². The van der Waals surface area contributed by atoms with Gasteiger partial charge in [-0.1, -0.05) is 24.6 Å². The van der Waals surface area contributed by atoms with E-state index in [1.807, 2.05) is 29.8 Å². The Morgan fingerprint density at radius 2 is 2.25 bits per heavy atom. The Morgan fingerprint density at radius 3 is 2.85 bits per heavy atom. The average molecular weight is 295 g/mol. The largest absolute Gasteiger partial charge is 0.484 e. The van der Waals surface area contributed by atoms with Crippen LogP contribution in [0, 0.1) is 0 Å². The minimum atomic E-state index is 0.269. The number of rotatable bonds is 6. The van der Waals surface area contributed by atoms with E-state index in [0.717, 1.165) is 17.9 Å². The van der Waals surface area contributed by atoms with Crippen molar-refractivity contribution in [3.05, 3.63) is 40.9 Å². The summed E-state index contributed by atoms with van der Waals surface area (Å²) < 4.78 is 7.50. The molecule has 0 spiro atoms. The fraction of sp³-hybridized carbons (Fsp3) is 0.429. The average Bonchev–Trinajstić information content (AvgIpc) is 2.83. The number of benzene rings is 1. The van der Waals surface area contributed by atoms with Crippen molar-refractivity contribution in [1.29, 1.82) is 0 Å². The van der Waals surface area contributed by atoms with Gasteiger partial charge >= 0.3 is 0 Å². The fourth-order valence-corrected chi connectivity index (χ4v) is 2.15. The maximum atomic E-state index is 6.26. The zero-order chi connectivity index (χ0) is 14.5. The van der Waals surface area contributed by atoms with E-state index in [9.17, 15) is 0 Å². The summed E-state index contributed by atoms with van der Waals surface area (Å²) in [6, 6.07) is 6.11. The van der Waals surface area contributed by atoms with Crippen molar-refractivity contribution < 1.29 is 4.74 Å². The summed E-state index contributed by atoms with van der Waals surface area (Å²) in [4.78, 5) is 0. The van der Waals surface area contributed by atoms with Gasteiger partial charge in [0, 0.05) is 13.1 Å². The smallest absolute Gasteiger partial charge is 0.170 e. The van der Waals surface area contributed by atoms with Gasteiger partial charge in [0.15, 0.2) is 5.82 Å². The minimum Gasteiger partial charge on any atom is -0.484 e. The lowest BCUT2D eigenvalue weighted by Crippen LogP contribution is -2.17. The van der Waals surface area contributed by atoms with Crippen molar-refractivity contribution in [2.75, 3.05) is 6.54 Å². The highest BCUT2D eigenvalue weighted by atomic mass is 35.5. The molecule has 108 valence electrons. The number of hydrogen-bond acceptors (Lipinski definition) is 4. The quantitative estimate of drug-likeness (QED) is 0.890. The molecule has 20 heavy (non-hydrogen) atoms. The van der Waals surface area contributed by atoms with Crippen LogP contribution in [0.4, 0.5) is 0 Å². The summed E-state index contributed by atoms with van der Waals surface area (Å²) in [5.41, 5.74) is 1.14. The number of aryl methyl sites for hydroxylation is 1. The lowest BCUT2D eigenvalue weighted by Gasteiger charge is -2.14. The molecule has 0 aliphatic heterocycles. The summed E-state index contributed by atoms with van der Waals surface area (Å²) in [6.45, 7) is 5.45. The third-order valence-corrected chi connectivity index (χ3v) is 3.42. The molecule has 0 saturated carbocycles. The monoisotopic (exact) mass is 294 g/mol. The molecule has 0 aliphatic carbocycles. The van der Waals surface area contributed by atoms with E-state index in [2.05, 4.69) is 29.4 Å². The van der Waals surface area contributed by atoms with Crippen molar-refractivity contribution in [3.63, 3.8) is 0 Å². The van der Waals surface area contributed by atoms with Gasteiger partial charge in [-0.25, -0.2) is 0 Å². The molecule has 0 bridgehead atoms. The Morgan fingerprint density at radius 1 is 1.45 bits per heavy atom. The zero-order valence-corrected chi connectivity index (χ0v) is 12.7. The molecule has 0 saturated heterocycles. The van der Waals surface area contributed by atoms with Crippen LogP contribution in [-0.4, -0.2) is 21.3 Å². The molecule has 0 aliphatic rings. The summed E-state index contributed by atoms with van der Waals surface area (Å²) >= 11 is 6.26. The molecule has 0 amide bonds. The normalized spacial score (nSPS) is 12.4. The lowest BCUT2D eigenvalue weighted by atomic mass is 10.1. The van der Waals surface area contributed by atoms with E-state index in [-0.39, 0.29) is 6.04 Å². The second kappa shape index (κ2) is 6.72. The molecule has 1 aromatic carbocycles. The van der Waals surface area contributed by atoms with Crippen LogP contribution in [0.1, 0.15) is 31.3 Å². The minimum absolute atomic E-state index is 0.269. The first kappa shape index (κ1) is 14.8. The van der Waals surface area contributed by atoms with E-state index in [4.69, 9.17) is 16.3 Å². The molecule has 0 radical (unpaired) electrons. The van der Waals surface area contributed by atoms with Gasteiger partial charge in [-0.15, -0.1) is 10.2 Å². The highest BCUT2D eigenvalue weighted by molar-refractivity contribution is 6.32. The topological polar surface area (TPSA) is 52.0 Å². The molecule has 1 unspecified atom stereocenters. The molecule has 1 heterocycles. The Labute approximate surface area is 123 Å². The summed E-state index contributed by atoms with van der Waals surface area (Å²) in [5.74, 6) is 1.41. The van der Waals surface area contributed by atoms with Crippen molar-refractivity contribution in [3.8, 4) is 5.75 Å². The first-order valence-electron chi connectivity index (χ1n) is 6.60. The summed E-state index contributed by atoms with van der Waals surface area (Å²) in [6.07, 6.45) is 1.64. The molecule has 2 rings (SSSR count). The molecule has 6 heteroatoms. The SMILES string of the molecule is CCNC(C)c1ccc(OCc2nncn2C)c(Cl)c1. The molecule has 0 fully saturated rings.